The number of aryl methyl sites for hydroxylation is 1. The fourth-order valence-electron chi connectivity index (χ4n) is 0.932. The van der Waals surface area contributed by atoms with Gasteiger partial charge < -0.3 is 0 Å². The standard InChI is InChI=1S/C9H7Br2ClO/c1-5-2-7(11)6(3-8(5)12)9(13)4-10/h2-3H,4H2,1H3. The molecule has 0 amide bonds. The van der Waals surface area contributed by atoms with Gasteiger partial charge in [-0.15, -0.1) is 0 Å². The fraction of sp³-hybridized carbons (Fsp3) is 0.222. The van der Waals surface area contributed by atoms with E-state index in [-0.39, 0.29) is 5.78 Å². The van der Waals surface area contributed by atoms with Crippen LogP contribution in [0.3, 0.4) is 0 Å². The highest BCUT2D eigenvalue weighted by atomic mass is 79.9. The molecule has 0 bridgehead atoms. The molecule has 0 radical (unpaired) electrons. The molecule has 4 heteroatoms. The van der Waals surface area contributed by atoms with E-state index in [0.717, 1.165) is 10.0 Å². The highest BCUT2D eigenvalue weighted by Gasteiger charge is 2.10. The zero-order valence-electron chi connectivity index (χ0n) is 6.90. The number of carbonyl (C=O) groups is 1. The molecule has 0 aliphatic heterocycles. The highest BCUT2D eigenvalue weighted by molar-refractivity contribution is 9.10. The second-order valence-corrected chi connectivity index (χ2v) is 4.46. The Morgan fingerprint density at radius 1 is 1.54 bits per heavy atom. The zero-order valence-corrected chi connectivity index (χ0v) is 10.8. The molecule has 0 aromatic heterocycles. The third kappa shape index (κ3) is 2.55. The Hall–Kier alpha value is 0.140. The highest BCUT2D eigenvalue weighted by Crippen LogP contribution is 2.25. The first-order valence-electron chi connectivity index (χ1n) is 3.61. The first kappa shape index (κ1) is 11.2. The van der Waals surface area contributed by atoms with Crippen molar-refractivity contribution in [1.82, 2.24) is 0 Å². The summed E-state index contributed by atoms with van der Waals surface area (Å²) in [6.45, 7) is 1.90. The molecule has 0 spiro atoms. The minimum atomic E-state index is 0.0220. The predicted molar refractivity (Wildman–Crippen MR) is 62.0 cm³/mol. The van der Waals surface area contributed by atoms with E-state index in [4.69, 9.17) is 11.6 Å². The molecular weight excluding hydrogens is 319 g/mol. The van der Waals surface area contributed by atoms with Crippen LogP contribution >= 0.6 is 43.5 Å². The maximum absolute atomic E-state index is 11.4. The van der Waals surface area contributed by atoms with Crippen molar-refractivity contribution in [1.29, 1.82) is 0 Å². The Bertz CT molecular complexity index is 350. The van der Waals surface area contributed by atoms with Gasteiger partial charge in [-0.1, -0.05) is 43.5 Å². The Morgan fingerprint density at radius 2 is 2.15 bits per heavy atom. The molecule has 0 heterocycles. The van der Waals surface area contributed by atoms with Crippen LogP contribution in [0, 0.1) is 6.92 Å². The van der Waals surface area contributed by atoms with E-state index >= 15 is 0 Å². The zero-order chi connectivity index (χ0) is 10.0. The summed E-state index contributed by atoms with van der Waals surface area (Å²) < 4.78 is 0.791. The number of carbonyl (C=O) groups excluding carboxylic acids is 1. The van der Waals surface area contributed by atoms with Crippen molar-refractivity contribution in [2.45, 2.75) is 6.92 Å². The topological polar surface area (TPSA) is 17.1 Å². The number of hydrogen-bond acceptors (Lipinski definition) is 1. The van der Waals surface area contributed by atoms with Crippen molar-refractivity contribution < 1.29 is 4.79 Å². The van der Waals surface area contributed by atoms with Crippen LogP contribution in [0.4, 0.5) is 0 Å². The SMILES string of the molecule is Cc1cc(Br)c(C(=O)CBr)cc1Cl. The van der Waals surface area contributed by atoms with E-state index in [1.54, 1.807) is 6.07 Å². The lowest BCUT2D eigenvalue weighted by molar-refractivity contribution is 0.102. The number of alkyl halides is 1. The molecule has 0 fully saturated rings. The fourth-order valence-corrected chi connectivity index (χ4v) is 2.08. The number of Topliss-reactive ketones (excluding diaryl/α,β-unsaturated/α-hetero) is 1. The second-order valence-electron chi connectivity index (χ2n) is 2.64. The lowest BCUT2D eigenvalue weighted by atomic mass is 10.1. The normalized spacial score (nSPS) is 10.2. The van der Waals surface area contributed by atoms with Gasteiger partial charge in [0.1, 0.15) is 0 Å². The van der Waals surface area contributed by atoms with Gasteiger partial charge in [-0.05, 0) is 24.6 Å². The van der Waals surface area contributed by atoms with Gasteiger partial charge in [-0.2, -0.15) is 0 Å². The van der Waals surface area contributed by atoms with Gasteiger partial charge in [0.15, 0.2) is 5.78 Å². The molecule has 1 rings (SSSR count). The molecule has 70 valence electrons. The molecule has 0 unspecified atom stereocenters. The number of halogens is 3. The molecule has 1 aromatic carbocycles. The lowest BCUT2D eigenvalue weighted by Crippen LogP contribution is -2.01. The van der Waals surface area contributed by atoms with Crippen LogP contribution < -0.4 is 0 Å². The van der Waals surface area contributed by atoms with Crippen molar-refractivity contribution in [3.8, 4) is 0 Å². The summed E-state index contributed by atoms with van der Waals surface area (Å²) in [5, 5.41) is 0.929. The van der Waals surface area contributed by atoms with E-state index in [1.165, 1.54) is 0 Å². The minimum absolute atomic E-state index is 0.0220. The minimum Gasteiger partial charge on any atom is -0.293 e. The summed E-state index contributed by atoms with van der Waals surface area (Å²) in [6.07, 6.45) is 0. The van der Waals surface area contributed by atoms with Crippen molar-refractivity contribution in [3.05, 3.63) is 32.8 Å². The first-order chi connectivity index (χ1) is 6.06. The van der Waals surface area contributed by atoms with Crippen LogP contribution in [0.5, 0.6) is 0 Å². The first-order valence-corrected chi connectivity index (χ1v) is 5.90. The van der Waals surface area contributed by atoms with Gasteiger partial charge in [-0.25, -0.2) is 0 Å². The average molecular weight is 326 g/mol. The van der Waals surface area contributed by atoms with Crippen LogP contribution in [0.2, 0.25) is 5.02 Å². The third-order valence-corrected chi connectivity index (χ3v) is 3.24. The van der Waals surface area contributed by atoms with Gasteiger partial charge in [0.2, 0.25) is 0 Å². The molecule has 1 aromatic rings. The summed E-state index contributed by atoms with van der Waals surface area (Å²) in [6, 6.07) is 3.53. The quantitative estimate of drug-likeness (QED) is 0.593. The van der Waals surface area contributed by atoms with Gasteiger partial charge in [0, 0.05) is 15.1 Å². The van der Waals surface area contributed by atoms with Crippen LogP contribution in [-0.4, -0.2) is 11.1 Å². The lowest BCUT2D eigenvalue weighted by Gasteiger charge is -2.04. The van der Waals surface area contributed by atoms with E-state index in [0.29, 0.717) is 15.9 Å². The smallest absolute Gasteiger partial charge is 0.174 e. The number of rotatable bonds is 2. The summed E-state index contributed by atoms with van der Waals surface area (Å²) >= 11 is 12.3. The van der Waals surface area contributed by atoms with E-state index in [1.807, 2.05) is 13.0 Å². The van der Waals surface area contributed by atoms with Crippen LogP contribution in [0.1, 0.15) is 15.9 Å². The molecule has 0 saturated heterocycles. The van der Waals surface area contributed by atoms with Crippen molar-refractivity contribution >= 4 is 49.2 Å². The van der Waals surface area contributed by atoms with E-state index in [2.05, 4.69) is 31.9 Å². The summed E-state index contributed by atoms with van der Waals surface area (Å²) in [5.41, 5.74) is 1.58. The monoisotopic (exact) mass is 324 g/mol. The molecule has 1 nitrogen and oxygen atoms in total. The molecule has 0 aliphatic rings. The summed E-state index contributed by atoms with van der Waals surface area (Å²) in [5.74, 6) is 0.0220. The second kappa shape index (κ2) is 4.58. The van der Waals surface area contributed by atoms with Crippen molar-refractivity contribution in [2.75, 3.05) is 5.33 Å². The van der Waals surface area contributed by atoms with Gasteiger partial charge in [0.05, 0.1) is 5.33 Å². The Labute approximate surface area is 98.7 Å². The number of benzene rings is 1. The maximum atomic E-state index is 11.4. The predicted octanol–water partition coefficient (Wildman–Crippen LogP) is 3.99. The molecule has 0 atom stereocenters. The van der Waals surface area contributed by atoms with Gasteiger partial charge in [-0.3, -0.25) is 4.79 Å². The molecule has 0 saturated carbocycles. The largest absolute Gasteiger partial charge is 0.293 e. The average Bonchev–Trinajstić information content (AvgIpc) is 2.10. The Balaban J connectivity index is 3.23. The molecule has 13 heavy (non-hydrogen) atoms. The van der Waals surface area contributed by atoms with Crippen molar-refractivity contribution in [2.24, 2.45) is 0 Å². The molecule has 0 N–H and O–H groups in total. The summed E-state index contributed by atoms with van der Waals surface area (Å²) in [4.78, 5) is 11.4. The van der Waals surface area contributed by atoms with Crippen molar-refractivity contribution in [3.63, 3.8) is 0 Å². The maximum Gasteiger partial charge on any atom is 0.174 e. The Morgan fingerprint density at radius 3 is 2.69 bits per heavy atom. The molecule has 0 aliphatic carbocycles. The van der Waals surface area contributed by atoms with E-state index < -0.39 is 0 Å². The number of ketones is 1. The number of hydrogen-bond donors (Lipinski definition) is 0. The third-order valence-electron chi connectivity index (χ3n) is 1.67. The van der Waals surface area contributed by atoms with Crippen LogP contribution in [-0.2, 0) is 0 Å². The van der Waals surface area contributed by atoms with Crippen LogP contribution in [0.25, 0.3) is 0 Å². The van der Waals surface area contributed by atoms with Gasteiger partial charge >= 0.3 is 0 Å². The summed E-state index contributed by atoms with van der Waals surface area (Å²) in [7, 11) is 0. The molecular formula is C9H7Br2ClO. The Kier molecular flexibility index (Phi) is 3.95. The van der Waals surface area contributed by atoms with Crippen LogP contribution in [0.15, 0.2) is 16.6 Å². The van der Waals surface area contributed by atoms with E-state index in [9.17, 15) is 4.79 Å². The van der Waals surface area contributed by atoms with Gasteiger partial charge in [0.25, 0.3) is 0 Å².